The smallest absolute Gasteiger partial charge is 0.248 e. The average molecular weight is 290 g/mol. The number of nitrogens with one attached hydrogen (secondary N) is 2. The van der Waals surface area contributed by atoms with E-state index in [1.165, 1.54) is 12.1 Å². The van der Waals surface area contributed by atoms with Gasteiger partial charge in [0.25, 0.3) is 0 Å². The summed E-state index contributed by atoms with van der Waals surface area (Å²) in [6, 6.07) is 22.1. The minimum absolute atomic E-state index is 0.0521. The Kier molecular flexibility index (Phi) is 3.83. The molecular formula is C18H14N2O2. The molecule has 2 heterocycles. The number of pyridine rings is 2. The van der Waals surface area contributed by atoms with Crippen LogP contribution < -0.4 is 11.1 Å². The topological polar surface area (TPSA) is 65.7 Å². The maximum atomic E-state index is 10.8. The highest BCUT2D eigenvalue weighted by Crippen LogP contribution is 2.07. The number of rotatable bonds is 0. The van der Waals surface area contributed by atoms with Gasteiger partial charge in [-0.3, -0.25) is 9.59 Å². The molecule has 2 aromatic carbocycles. The molecular weight excluding hydrogens is 276 g/mol. The molecule has 2 N–H and O–H groups in total. The summed E-state index contributed by atoms with van der Waals surface area (Å²) in [7, 11) is 0. The monoisotopic (exact) mass is 290 g/mol. The number of H-pyrrole nitrogens is 2. The molecule has 0 aliphatic rings. The molecule has 2 aromatic heterocycles. The number of para-hydroxylation sites is 2. The van der Waals surface area contributed by atoms with Crippen LogP contribution in [-0.4, -0.2) is 9.97 Å². The van der Waals surface area contributed by atoms with Crippen molar-refractivity contribution >= 4 is 21.8 Å². The van der Waals surface area contributed by atoms with Gasteiger partial charge in [-0.25, -0.2) is 0 Å². The summed E-state index contributed by atoms with van der Waals surface area (Å²) in [5, 5.41) is 2.12. The second-order valence-corrected chi connectivity index (χ2v) is 4.82. The third kappa shape index (κ3) is 3.12. The Labute approximate surface area is 126 Å². The van der Waals surface area contributed by atoms with E-state index >= 15 is 0 Å². The Morgan fingerprint density at radius 3 is 1.36 bits per heavy atom. The zero-order valence-corrected chi connectivity index (χ0v) is 11.7. The van der Waals surface area contributed by atoms with E-state index in [0.717, 1.165) is 21.8 Å². The van der Waals surface area contributed by atoms with Crippen LogP contribution in [0.3, 0.4) is 0 Å². The SMILES string of the molecule is O=c1ccc2ccccc2[nH]1.O=c1ccc2ccccc2[nH]1. The molecule has 0 saturated carbocycles. The zero-order chi connectivity index (χ0) is 15.4. The lowest BCUT2D eigenvalue weighted by Gasteiger charge is -1.93. The normalized spacial score (nSPS) is 10.2. The Balaban J connectivity index is 0.000000131. The number of aromatic nitrogens is 2. The van der Waals surface area contributed by atoms with Gasteiger partial charge >= 0.3 is 0 Å². The highest BCUT2D eigenvalue weighted by molar-refractivity contribution is 5.78. The lowest BCUT2D eigenvalue weighted by Crippen LogP contribution is -2.01. The molecule has 4 heteroatoms. The molecule has 0 radical (unpaired) electrons. The highest BCUT2D eigenvalue weighted by Gasteiger charge is 1.90. The van der Waals surface area contributed by atoms with Crippen molar-refractivity contribution in [2.45, 2.75) is 0 Å². The average Bonchev–Trinajstić information content (AvgIpc) is 2.55. The van der Waals surface area contributed by atoms with Gasteiger partial charge in [-0.05, 0) is 35.0 Å². The second kappa shape index (κ2) is 6.10. The van der Waals surface area contributed by atoms with E-state index in [0.29, 0.717) is 0 Å². The minimum Gasteiger partial charge on any atom is -0.322 e. The predicted molar refractivity (Wildman–Crippen MR) is 89.1 cm³/mol. The Hall–Kier alpha value is -3.14. The first-order chi connectivity index (χ1) is 10.7. The molecule has 0 fully saturated rings. The van der Waals surface area contributed by atoms with E-state index in [-0.39, 0.29) is 11.1 Å². The molecule has 0 spiro atoms. The largest absolute Gasteiger partial charge is 0.322 e. The molecule has 22 heavy (non-hydrogen) atoms. The van der Waals surface area contributed by atoms with E-state index in [4.69, 9.17) is 0 Å². The molecule has 4 aromatic rings. The molecule has 0 aliphatic heterocycles. The van der Waals surface area contributed by atoms with E-state index in [1.807, 2.05) is 60.7 Å². The first kappa shape index (κ1) is 13.8. The fourth-order valence-corrected chi connectivity index (χ4v) is 2.19. The van der Waals surface area contributed by atoms with Crippen molar-refractivity contribution in [3.05, 3.63) is 93.5 Å². The minimum atomic E-state index is -0.0521. The van der Waals surface area contributed by atoms with E-state index < -0.39 is 0 Å². The standard InChI is InChI=1S/2C9H7NO/c2*11-9-6-5-7-3-1-2-4-8(7)10-9/h2*1-6H,(H,10,11). The van der Waals surface area contributed by atoms with Crippen LogP contribution in [0.4, 0.5) is 0 Å². The Morgan fingerprint density at radius 2 is 0.909 bits per heavy atom. The summed E-state index contributed by atoms with van der Waals surface area (Å²) in [5.74, 6) is 0. The second-order valence-electron chi connectivity index (χ2n) is 4.82. The van der Waals surface area contributed by atoms with Gasteiger partial charge in [-0.2, -0.15) is 0 Å². The van der Waals surface area contributed by atoms with Crippen molar-refractivity contribution < 1.29 is 0 Å². The van der Waals surface area contributed by atoms with Crippen molar-refractivity contribution in [2.24, 2.45) is 0 Å². The van der Waals surface area contributed by atoms with Gasteiger partial charge in [-0.1, -0.05) is 36.4 Å². The van der Waals surface area contributed by atoms with E-state index in [9.17, 15) is 9.59 Å². The van der Waals surface area contributed by atoms with Crippen LogP contribution in [0, 0.1) is 0 Å². The van der Waals surface area contributed by atoms with Crippen LogP contribution >= 0.6 is 0 Å². The van der Waals surface area contributed by atoms with Crippen LogP contribution in [0.5, 0.6) is 0 Å². The Bertz CT molecular complexity index is 946. The van der Waals surface area contributed by atoms with Crippen molar-refractivity contribution in [3.63, 3.8) is 0 Å². The summed E-state index contributed by atoms with van der Waals surface area (Å²) in [4.78, 5) is 27.1. The van der Waals surface area contributed by atoms with Gasteiger partial charge in [0.1, 0.15) is 0 Å². The summed E-state index contributed by atoms with van der Waals surface area (Å²) in [6.07, 6.45) is 0. The third-order valence-electron chi connectivity index (χ3n) is 3.27. The maximum Gasteiger partial charge on any atom is 0.248 e. The van der Waals surface area contributed by atoms with Crippen LogP contribution in [-0.2, 0) is 0 Å². The number of hydrogen-bond donors (Lipinski definition) is 2. The van der Waals surface area contributed by atoms with Gasteiger partial charge in [0.05, 0.1) is 0 Å². The summed E-state index contributed by atoms with van der Waals surface area (Å²) < 4.78 is 0. The highest BCUT2D eigenvalue weighted by atomic mass is 16.1. The van der Waals surface area contributed by atoms with Gasteiger partial charge in [0.15, 0.2) is 0 Å². The van der Waals surface area contributed by atoms with Crippen LogP contribution in [0.1, 0.15) is 0 Å². The summed E-state index contributed by atoms with van der Waals surface area (Å²) in [5.41, 5.74) is 1.67. The Morgan fingerprint density at radius 1 is 0.500 bits per heavy atom. The number of benzene rings is 2. The zero-order valence-electron chi connectivity index (χ0n) is 11.7. The molecule has 108 valence electrons. The van der Waals surface area contributed by atoms with Gasteiger partial charge in [0, 0.05) is 23.2 Å². The molecule has 0 atom stereocenters. The maximum absolute atomic E-state index is 10.8. The quantitative estimate of drug-likeness (QED) is 0.522. The molecule has 0 aliphatic carbocycles. The third-order valence-corrected chi connectivity index (χ3v) is 3.27. The van der Waals surface area contributed by atoms with Crippen molar-refractivity contribution in [1.82, 2.24) is 9.97 Å². The molecule has 4 nitrogen and oxygen atoms in total. The first-order valence-electron chi connectivity index (χ1n) is 6.88. The molecule has 4 rings (SSSR count). The van der Waals surface area contributed by atoms with E-state index in [1.54, 1.807) is 0 Å². The summed E-state index contributed by atoms with van der Waals surface area (Å²) >= 11 is 0. The van der Waals surface area contributed by atoms with Crippen molar-refractivity contribution in [2.75, 3.05) is 0 Å². The van der Waals surface area contributed by atoms with Gasteiger partial charge in [0.2, 0.25) is 11.1 Å². The molecule has 0 saturated heterocycles. The first-order valence-corrected chi connectivity index (χ1v) is 6.88. The van der Waals surface area contributed by atoms with Crippen molar-refractivity contribution in [3.8, 4) is 0 Å². The van der Waals surface area contributed by atoms with Crippen LogP contribution in [0.2, 0.25) is 0 Å². The number of hydrogen-bond acceptors (Lipinski definition) is 2. The van der Waals surface area contributed by atoms with Crippen LogP contribution in [0.25, 0.3) is 21.8 Å². The molecule has 0 bridgehead atoms. The molecule has 0 unspecified atom stereocenters. The van der Waals surface area contributed by atoms with Crippen LogP contribution in [0.15, 0.2) is 82.4 Å². The summed E-state index contributed by atoms with van der Waals surface area (Å²) in [6.45, 7) is 0. The lowest BCUT2D eigenvalue weighted by atomic mass is 10.2. The number of fused-ring (bicyclic) bond motifs is 2. The van der Waals surface area contributed by atoms with E-state index in [2.05, 4.69) is 9.97 Å². The lowest BCUT2D eigenvalue weighted by molar-refractivity contribution is 1.31. The van der Waals surface area contributed by atoms with Gasteiger partial charge in [-0.15, -0.1) is 0 Å². The molecule has 0 amide bonds. The number of aromatic amines is 2. The fraction of sp³-hybridized carbons (Fsp3) is 0. The predicted octanol–water partition coefficient (Wildman–Crippen LogP) is 3.06. The van der Waals surface area contributed by atoms with Crippen molar-refractivity contribution in [1.29, 1.82) is 0 Å². The van der Waals surface area contributed by atoms with Gasteiger partial charge < -0.3 is 9.97 Å². The fourth-order valence-electron chi connectivity index (χ4n) is 2.19.